The van der Waals surface area contributed by atoms with Gasteiger partial charge in [0, 0.05) is 6.42 Å². The smallest absolute Gasteiger partial charge is 0.345 e. The van der Waals surface area contributed by atoms with Gasteiger partial charge in [-0.15, -0.1) is 0 Å². The Bertz CT molecular complexity index is 587. The van der Waals surface area contributed by atoms with Crippen LogP contribution in [-0.4, -0.2) is 17.2 Å². The van der Waals surface area contributed by atoms with Gasteiger partial charge in [0.05, 0.1) is 0 Å². The Morgan fingerprint density at radius 2 is 1.75 bits per heavy atom. The lowest BCUT2D eigenvalue weighted by molar-refractivity contribution is -0.145. The summed E-state index contributed by atoms with van der Waals surface area (Å²) in [6, 6.07) is 15.3. The van der Waals surface area contributed by atoms with E-state index in [1.54, 1.807) is 6.07 Å². The molecule has 104 valence electrons. The Hall–Kier alpha value is -2.29. The number of carboxylic acids is 1. The summed E-state index contributed by atoms with van der Waals surface area (Å²) in [7, 11) is 0. The molecule has 2 aromatic carbocycles. The molecule has 20 heavy (non-hydrogen) atoms. The Kier molecular flexibility index (Phi) is 4.41. The summed E-state index contributed by atoms with van der Waals surface area (Å²) in [6.07, 6.45) is -0.525. The van der Waals surface area contributed by atoms with Crippen LogP contribution in [0.15, 0.2) is 48.5 Å². The van der Waals surface area contributed by atoms with Crippen LogP contribution >= 0.6 is 0 Å². The summed E-state index contributed by atoms with van der Waals surface area (Å²) in [5.74, 6) is -0.333. The first kappa shape index (κ1) is 14.1. The van der Waals surface area contributed by atoms with Gasteiger partial charge in [0.15, 0.2) is 6.10 Å². The normalized spacial score (nSPS) is 11.9. The van der Waals surface area contributed by atoms with Crippen molar-refractivity contribution in [1.82, 2.24) is 0 Å². The number of hydrogen-bond acceptors (Lipinski definition) is 2. The van der Waals surface area contributed by atoms with Crippen molar-refractivity contribution in [3.63, 3.8) is 0 Å². The second-order valence-corrected chi connectivity index (χ2v) is 4.90. The maximum atomic E-state index is 11.4. The van der Waals surface area contributed by atoms with Gasteiger partial charge < -0.3 is 9.84 Å². The fraction of sp³-hybridized carbons (Fsp3) is 0.235. The number of aliphatic carboxylic acids is 1. The van der Waals surface area contributed by atoms with Crippen molar-refractivity contribution in [3.8, 4) is 5.75 Å². The maximum absolute atomic E-state index is 11.4. The van der Waals surface area contributed by atoms with Crippen LogP contribution in [0.4, 0.5) is 0 Å². The van der Waals surface area contributed by atoms with Crippen LogP contribution < -0.4 is 4.74 Å². The van der Waals surface area contributed by atoms with E-state index in [9.17, 15) is 9.90 Å². The molecule has 1 atom stereocenters. The molecule has 0 saturated heterocycles. The predicted molar refractivity (Wildman–Crippen MR) is 78.1 cm³/mol. The van der Waals surface area contributed by atoms with Gasteiger partial charge in [-0.3, -0.25) is 0 Å². The Labute approximate surface area is 118 Å². The predicted octanol–water partition coefficient (Wildman–Crippen LogP) is 3.38. The monoisotopic (exact) mass is 270 g/mol. The van der Waals surface area contributed by atoms with Crippen molar-refractivity contribution >= 4 is 5.97 Å². The quantitative estimate of drug-likeness (QED) is 0.906. The molecule has 0 aromatic heterocycles. The van der Waals surface area contributed by atoms with E-state index in [-0.39, 0.29) is 0 Å². The second kappa shape index (κ2) is 6.24. The molecule has 3 heteroatoms. The zero-order valence-electron chi connectivity index (χ0n) is 11.7. The van der Waals surface area contributed by atoms with Crippen LogP contribution in [0, 0.1) is 13.8 Å². The minimum atomic E-state index is -0.950. The van der Waals surface area contributed by atoms with Crippen LogP contribution in [0.5, 0.6) is 5.75 Å². The number of benzene rings is 2. The average Bonchev–Trinajstić information content (AvgIpc) is 2.42. The highest BCUT2D eigenvalue weighted by Crippen LogP contribution is 2.19. The summed E-state index contributed by atoms with van der Waals surface area (Å²) in [6.45, 7) is 3.91. The van der Waals surface area contributed by atoms with Gasteiger partial charge in [-0.05, 0) is 31.0 Å². The molecule has 0 unspecified atom stereocenters. The van der Waals surface area contributed by atoms with Crippen LogP contribution in [0.1, 0.15) is 16.7 Å². The lowest BCUT2D eigenvalue weighted by Gasteiger charge is -2.16. The lowest BCUT2D eigenvalue weighted by Crippen LogP contribution is -2.29. The third-order valence-corrected chi connectivity index (χ3v) is 3.18. The maximum Gasteiger partial charge on any atom is 0.345 e. The Morgan fingerprint density at radius 3 is 2.35 bits per heavy atom. The van der Waals surface area contributed by atoms with Gasteiger partial charge in [0.2, 0.25) is 0 Å². The summed E-state index contributed by atoms with van der Waals surface area (Å²) >= 11 is 0. The van der Waals surface area contributed by atoms with Crippen LogP contribution in [-0.2, 0) is 11.2 Å². The molecular weight excluding hydrogens is 252 g/mol. The van der Waals surface area contributed by atoms with Crippen LogP contribution in [0.2, 0.25) is 0 Å². The molecule has 3 nitrogen and oxygen atoms in total. The van der Waals surface area contributed by atoms with Crippen molar-refractivity contribution in [2.45, 2.75) is 26.4 Å². The van der Waals surface area contributed by atoms with E-state index >= 15 is 0 Å². The highest BCUT2D eigenvalue weighted by Gasteiger charge is 2.20. The third kappa shape index (κ3) is 3.60. The summed E-state index contributed by atoms with van der Waals surface area (Å²) < 4.78 is 5.64. The highest BCUT2D eigenvalue weighted by atomic mass is 16.5. The molecular formula is C17H18O3. The van der Waals surface area contributed by atoms with E-state index < -0.39 is 12.1 Å². The van der Waals surface area contributed by atoms with Crippen molar-refractivity contribution in [2.24, 2.45) is 0 Å². The van der Waals surface area contributed by atoms with Crippen molar-refractivity contribution in [3.05, 3.63) is 65.2 Å². The molecule has 2 aromatic rings. The average molecular weight is 270 g/mol. The fourth-order valence-corrected chi connectivity index (χ4v) is 1.96. The number of aryl methyl sites for hydroxylation is 2. The second-order valence-electron chi connectivity index (χ2n) is 4.90. The number of ether oxygens (including phenoxy) is 1. The molecule has 2 rings (SSSR count). The molecule has 0 spiro atoms. The molecule has 0 heterocycles. The summed E-state index contributed by atoms with van der Waals surface area (Å²) in [5.41, 5.74) is 3.04. The van der Waals surface area contributed by atoms with Gasteiger partial charge >= 0.3 is 5.97 Å². The standard InChI is InChI=1S/C17H18O3/c1-12-7-9-14(10-8-12)11-16(17(18)19)20-15-6-4-3-5-13(15)2/h3-10,16H,11H2,1-2H3,(H,18,19)/t16-/m1/s1. The molecule has 0 aliphatic heterocycles. The minimum Gasteiger partial charge on any atom is -0.478 e. The van der Waals surface area contributed by atoms with Gasteiger partial charge in [-0.25, -0.2) is 4.79 Å². The largest absolute Gasteiger partial charge is 0.478 e. The van der Waals surface area contributed by atoms with E-state index in [4.69, 9.17) is 4.74 Å². The number of carboxylic acid groups (broad SMARTS) is 1. The van der Waals surface area contributed by atoms with Crippen molar-refractivity contribution in [1.29, 1.82) is 0 Å². The van der Waals surface area contributed by atoms with E-state index in [2.05, 4.69) is 0 Å². The van der Waals surface area contributed by atoms with Crippen molar-refractivity contribution in [2.75, 3.05) is 0 Å². The zero-order valence-corrected chi connectivity index (χ0v) is 11.7. The first-order chi connectivity index (χ1) is 9.56. The van der Waals surface area contributed by atoms with Crippen LogP contribution in [0.25, 0.3) is 0 Å². The molecule has 0 fully saturated rings. The molecule has 0 radical (unpaired) electrons. The topological polar surface area (TPSA) is 46.5 Å². The Morgan fingerprint density at radius 1 is 1.10 bits per heavy atom. The van der Waals surface area contributed by atoms with Gasteiger partial charge in [0.1, 0.15) is 5.75 Å². The molecule has 0 saturated carbocycles. The number of carbonyl (C=O) groups is 1. The molecule has 1 N–H and O–H groups in total. The third-order valence-electron chi connectivity index (χ3n) is 3.18. The minimum absolute atomic E-state index is 0.351. The summed E-state index contributed by atoms with van der Waals surface area (Å²) in [5, 5.41) is 9.32. The Balaban J connectivity index is 2.14. The van der Waals surface area contributed by atoms with Crippen LogP contribution in [0.3, 0.4) is 0 Å². The van der Waals surface area contributed by atoms with Crippen molar-refractivity contribution < 1.29 is 14.6 Å². The van der Waals surface area contributed by atoms with Gasteiger partial charge in [-0.2, -0.15) is 0 Å². The van der Waals surface area contributed by atoms with Gasteiger partial charge in [0.25, 0.3) is 0 Å². The molecule has 0 aliphatic carbocycles. The van der Waals surface area contributed by atoms with Gasteiger partial charge in [-0.1, -0.05) is 48.0 Å². The van der Waals surface area contributed by atoms with E-state index in [1.807, 2.05) is 56.3 Å². The number of rotatable bonds is 5. The SMILES string of the molecule is Cc1ccc(C[C@@H](Oc2ccccc2C)C(=O)O)cc1. The molecule has 0 bridgehead atoms. The summed E-state index contributed by atoms with van der Waals surface area (Å²) in [4.78, 5) is 11.4. The zero-order chi connectivity index (χ0) is 14.5. The highest BCUT2D eigenvalue weighted by molar-refractivity contribution is 5.73. The van der Waals surface area contributed by atoms with E-state index in [1.165, 1.54) is 0 Å². The first-order valence-corrected chi connectivity index (χ1v) is 6.57. The number of para-hydroxylation sites is 1. The first-order valence-electron chi connectivity index (χ1n) is 6.57. The van der Waals surface area contributed by atoms with E-state index in [0.717, 1.165) is 16.7 Å². The van der Waals surface area contributed by atoms with E-state index in [0.29, 0.717) is 12.2 Å². The number of hydrogen-bond donors (Lipinski definition) is 1. The lowest BCUT2D eigenvalue weighted by atomic mass is 10.1. The molecule has 0 amide bonds. The fourth-order valence-electron chi connectivity index (χ4n) is 1.96. The molecule has 0 aliphatic rings.